The lowest BCUT2D eigenvalue weighted by molar-refractivity contribution is -0.132. The van der Waals surface area contributed by atoms with Crippen molar-refractivity contribution in [2.75, 3.05) is 0 Å². The van der Waals surface area contributed by atoms with Gasteiger partial charge in [0, 0.05) is 6.07 Å². The number of nitriles is 1. The van der Waals surface area contributed by atoms with Gasteiger partial charge in [0.1, 0.15) is 5.82 Å². The summed E-state index contributed by atoms with van der Waals surface area (Å²) in [5, 5.41) is 22.6. The number of aliphatic imine (C=N–C) groups is 1. The Bertz CT molecular complexity index is 833. The average Bonchev–Trinajstić information content (AvgIpc) is 2.58. The van der Waals surface area contributed by atoms with Crippen molar-refractivity contribution in [3.05, 3.63) is 29.8 Å². The molecule has 0 radical (unpaired) electrons. The van der Waals surface area contributed by atoms with Crippen LogP contribution in [0.3, 0.4) is 0 Å². The maximum Gasteiger partial charge on any atom is 0.182 e. The number of hydrogen-bond acceptors (Lipinski definition) is 4. The Balaban J connectivity index is 1.60. The van der Waals surface area contributed by atoms with Crippen LogP contribution in [0.2, 0.25) is 0 Å². The van der Waals surface area contributed by atoms with E-state index in [4.69, 9.17) is 9.73 Å². The Morgan fingerprint density at radius 2 is 1.96 bits per heavy atom. The maximum atomic E-state index is 14.0. The largest absolute Gasteiger partial charge is 0.477 e. The monoisotopic (exact) mass is 389 g/mol. The van der Waals surface area contributed by atoms with Crippen LogP contribution < -0.4 is 10.1 Å². The van der Waals surface area contributed by atoms with Crippen LogP contribution in [-0.4, -0.2) is 28.2 Å². The minimum Gasteiger partial charge on any atom is -0.477 e. The van der Waals surface area contributed by atoms with Gasteiger partial charge < -0.3 is 9.84 Å². The van der Waals surface area contributed by atoms with Gasteiger partial charge in [-0.05, 0) is 75.8 Å². The van der Waals surface area contributed by atoms with E-state index in [2.05, 4.69) is 5.32 Å². The minimum absolute atomic E-state index is 0.00798. The predicted molar refractivity (Wildman–Crippen MR) is 99.5 cm³/mol. The first-order chi connectivity index (χ1) is 13.2. The fourth-order valence-electron chi connectivity index (χ4n) is 5.59. The standard InChI is InChI=1S/C21H25F2N3O2/c1-20(2,28-17-4-3-15(22)7-16(17)23)19(25-11-24)26-18-13-5-12-6-14(18)10-21(27,8-12)9-13/h3-4,7,12-14,18,27H,5-6,8-10H2,1-2H3,(H,25,26). The highest BCUT2D eigenvalue weighted by atomic mass is 19.1. The number of benzene rings is 1. The molecule has 0 amide bonds. The normalized spacial score (nSPS) is 34.2. The summed E-state index contributed by atoms with van der Waals surface area (Å²) in [4.78, 5) is 4.86. The number of ether oxygens (including phenoxy) is 1. The molecule has 4 aliphatic carbocycles. The van der Waals surface area contributed by atoms with Gasteiger partial charge in [-0.1, -0.05) is 0 Å². The summed E-state index contributed by atoms with van der Waals surface area (Å²) in [6.45, 7) is 3.39. The zero-order valence-corrected chi connectivity index (χ0v) is 16.1. The molecule has 4 saturated carbocycles. The molecular formula is C21H25F2N3O2. The predicted octanol–water partition coefficient (Wildman–Crippen LogP) is 3.53. The van der Waals surface area contributed by atoms with E-state index in [0.717, 1.165) is 44.2 Å². The number of hydrogen-bond donors (Lipinski definition) is 2. The van der Waals surface area contributed by atoms with Crippen LogP contribution in [0.5, 0.6) is 5.75 Å². The number of aliphatic hydroxyl groups is 1. The fraction of sp³-hybridized carbons (Fsp3) is 0.619. The average molecular weight is 389 g/mol. The Hall–Kier alpha value is -2.20. The zero-order chi connectivity index (χ0) is 20.1. The second kappa shape index (κ2) is 6.70. The van der Waals surface area contributed by atoms with Gasteiger partial charge in [0.15, 0.2) is 29.2 Å². The Labute approximate surface area is 163 Å². The van der Waals surface area contributed by atoms with Crippen LogP contribution in [0.1, 0.15) is 46.0 Å². The summed E-state index contributed by atoms with van der Waals surface area (Å²) < 4.78 is 33.0. The van der Waals surface area contributed by atoms with Crippen molar-refractivity contribution in [3.63, 3.8) is 0 Å². The molecule has 4 bridgehead atoms. The van der Waals surface area contributed by atoms with Crippen molar-refractivity contribution < 1.29 is 18.6 Å². The molecule has 4 aliphatic rings. The van der Waals surface area contributed by atoms with Gasteiger partial charge in [0.2, 0.25) is 0 Å². The van der Waals surface area contributed by atoms with Gasteiger partial charge in [-0.25, -0.2) is 8.78 Å². The van der Waals surface area contributed by atoms with Gasteiger partial charge in [0.05, 0.1) is 11.6 Å². The SMILES string of the molecule is CC(C)(Oc1ccc(F)cc1F)C(=NC1C2CC3CC1CC(O)(C3)C2)NC#N. The van der Waals surface area contributed by atoms with Gasteiger partial charge in [0.25, 0.3) is 0 Å². The maximum absolute atomic E-state index is 14.0. The van der Waals surface area contributed by atoms with E-state index >= 15 is 0 Å². The first-order valence-electron chi connectivity index (χ1n) is 9.79. The summed E-state index contributed by atoms with van der Waals surface area (Å²) in [7, 11) is 0. The number of nitrogens with one attached hydrogen (secondary N) is 1. The van der Waals surface area contributed by atoms with E-state index in [0.29, 0.717) is 11.8 Å². The zero-order valence-electron chi connectivity index (χ0n) is 16.1. The summed E-state index contributed by atoms with van der Waals surface area (Å²) in [5.74, 6) is -0.144. The third-order valence-electron chi connectivity index (χ3n) is 6.47. The van der Waals surface area contributed by atoms with Crippen LogP contribution in [0.15, 0.2) is 23.2 Å². The molecule has 5 rings (SSSR count). The molecule has 0 aliphatic heterocycles. The third-order valence-corrected chi connectivity index (χ3v) is 6.47. The molecule has 28 heavy (non-hydrogen) atoms. The van der Waals surface area contributed by atoms with Crippen LogP contribution in [0.25, 0.3) is 0 Å². The molecule has 150 valence electrons. The molecule has 0 spiro atoms. The second-order valence-electron chi connectivity index (χ2n) is 9.09. The molecule has 4 fully saturated rings. The van der Waals surface area contributed by atoms with Gasteiger partial charge in [-0.2, -0.15) is 5.26 Å². The molecule has 0 heterocycles. The first-order valence-corrected chi connectivity index (χ1v) is 9.79. The van der Waals surface area contributed by atoms with Crippen molar-refractivity contribution in [1.29, 1.82) is 5.26 Å². The number of nitrogens with zero attached hydrogens (tertiary/aromatic N) is 2. The molecule has 1 aromatic carbocycles. The Morgan fingerprint density at radius 1 is 1.29 bits per heavy atom. The molecule has 0 saturated heterocycles. The molecule has 1 aromatic rings. The van der Waals surface area contributed by atoms with Crippen LogP contribution in [0.4, 0.5) is 8.78 Å². The van der Waals surface area contributed by atoms with E-state index in [-0.39, 0.29) is 23.6 Å². The molecule has 5 nitrogen and oxygen atoms in total. The van der Waals surface area contributed by atoms with E-state index in [9.17, 15) is 19.1 Å². The second-order valence-corrected chi connectivity index (χ2v) is 9.09. The Morgan fingerprint density at radius 3 is 2.54 bits per heavy atom. The van der Waals surface area contributed by atoms with Crippen LogP contribution in [-0.2, 0) is 0 Å². The lowest BCUT2D eigenvalue weighted by atomic mass is 9.52. The van der Waals surface area contributed by atoms with Crippen LogP contribution >= 0.6 is 0 Å². The van der Waals surface area contributed by atoms with E-state index < -0.39 is 22.8 Å². The van der Waals surface area contributed by atoms with Gasteiger partial charge in [-0.3, -0.25) is 10.3 Å². The summed E-state index contributed by atoms with van der Waals surface area (Å²) in [6, 6.07) is 3.13. The van der Waals surface area contributed by atoms with Crippen molar-refractivity contribution in [2.24, 2.45) is 22.7 Å². The van der Waals surface area contributed by atoms with Crippen molar-refractivity contribution in [3.8, 4) is 11.9 Å². The van der Waals surface area contributed by atoms with E-state index in [1.54, 1.807) is 13.8 Å². The number of amidine groups is 1. The highest BCUT2D eigenvalue weighted by Gasteiger charge is 2.55. The molecule has 2 unspecified atom stereocenters. The highest BCUT2D eigenvalue weighted by Crippen LogP contribution is 2.56. The third kappa shape index (κ3) is 3.46. The number of rotatable bonds is 4. The van der Waals surface area contributed by atoms with Crippen molar-refractivity contribution in [1.82, 2.24) is 5.32 Å². The highest BCUT2D eigenvalue weighted by molar-refractivity contribution is 5.91. The molecule has 0 aromatic heterocycles. The smallest absolute Gasteiger partial charge is 0.182 e. The number of halogens is 2. The molecular weight excluding hydrogens is 364 g/mol. The van der Waals surface area contributed by atoms with E-state index in [1.807, 2.05) is 6.19 Å². The van der Waals surface area contributed by atoms with Crippen LogP contribution in [0, 0.1) is 40.8 Å². The summed E-state index contributed by atoms with van der Waals surface area (Å²) >= 11 is 0. The molecule has 7 heteroatoms. The topological polar surface area (TPSA) is 77.6 Å². The van der Waals surface area contributed by atoms with E-state index in [1.165, 1.54) is 6.07 Å². The van der Waals surface area contributed by atoms with Gasteiger partial charge in [-0.15, -0.1) is 0 Å². The quantitative estimate of drug-likeness (QED) is 0.357. The minimum atomic E-state index is -1.11. The molecule has 2 N–H and O–H groups in total. The first kappa shape index (κ1) is 19.1. The summed E-state index contributed by atoms with van der Waals surface area (Å²) in [5.41, 5.74) is -1.67. The lowest BCUT2D eigenvalue weighted by Crippen LogP contribution is -2.57. The lowest BCUT2D eigenvalue weighted by Gasteiger charge is -2.57. The van der Waals surface area contributed by atoms with Crippen molar-refractivity contribution in [2.45, 2.75) is 63.2 Å². The Kier molecular flexibility index (Phi) is 4.58. The summed E-state index contributed by atoms with van der Waals surface area (Å²) in [6.07, 6.45) is 6.35. The van der Waals surface area contributed by atoms with Gasteiger partial charge >= 0.3 is 0 Å². The fourth-order valence-corrected chi connectivity index (χ4v) is 5.59. The van der Waals surface area contributed by atoms with Crippen molar-refractivity contribution >= 4 is 5.84 Å². The molecule has 2 atom stereocenters.